The molecule has 0 fully saturated rings. The molecule has 0 bridgehead atoms. The topological polar surface area (TPSA) is 108 Å². The molecular weight excluding hydrogens is 378 g/mol. The summed E-state index contributed by atoms with van der Waals surface area (Å²) < 4.78 is 10.9. The van der Waals surface area contributed by atoms with Gasteiger partial charge in [-0.3, -0.25) is 10.1 Å². The van der Waals surface area contributed by atoms with E-state index in [1.807, 2.05) is 12.3 Å². The van der Waals surface area contributed by atoms with E-state index in [2.05, 4.69) is 10.1 Å². The van der Waals surface area contributed by atoms with Crippen molar-refractivity contribution < 1.29 is 19.0 Å². The monoisotopic (exact) mass is 391 g/mol. The molecule has 3 aromatic rings. The molecule has 0 aliphatic heterocycles. The van der Waals surface area contributed by atoms with E-state index in [1.165, 1.54) is 41.3 Å². The molecule has 0 radical (unpaired) electrons. The average molecular weight is 391 g/mol. The first kappa shape index (κ1) is 18.1. The van der Waals surface area contributed by atoms with Crippen LogP contribution < -0.4 is 0 Å². The number of nitrogens with zero attached hydrogens (tertiary/aromatic N) is 3. The van der Waals surface area contributed by atoms with Crippen molar-refractivity contribution >= 4 is 34.8 Å². The van der Waals surface area contributed by atoms with Gasteiger partial charge in [0, 0.05) is 34.2 Å². The highest BCUT2D eigenvalue weighted by Crippen LogP contribution is 2.34. The molecule has 0 atom stereocenters. The van der Waals surface area contributed by atoms with Gasteiger partial charge in [0.2, 0.25) is 0 Å². The molecule has 2 heterocycles. The van der Waals surface area contributed by atoms with Gasteiger partial charge in [-0.15, -0.1) is 11.3 Å². The molecule has 26 heavy (non-hydrogen) atoms. The van der Waals surface area contributed by atoms with Gasteiger partial charge in [0.15, 0.2) is 16.7 Å². The van der Waals surface area contributed by atoms with Crippen LogP contribution in [0.2, 0.25) is 0 Å². The first-order valence-electron chi connectivity index (χ1n) is 7.40. The number of hydrogen-bond donors (Lipinski definition) is 0. The SMILES string of the molecule is Cc1cc(COC(=O)c2cc([N+](=O)[O-])ccc2Sc2nc(C)cs2)on1. The Morgan fingerprint density at radius 2 is 2.15 bits per heavy atom. The number of aromatic nitrogens is 2. The van der Waals surface area contributed by atoms with E-state index in [4.69, 9.17) is 9.26 Å². The van der Waals surface area contributed by atoms with Crippen LogP contribution in [0.1, 0.15) is 27.5 Å². The largest absolute Gasteiger partial charge is 0.454 e. The summed E-state index contributed by atoms with van der Waals surface area (Å²) >= 11 is 2.69. The van der Waals surface area contributed by atoms with Crippen LogP contribution in [0.25, 0.3) is 0 Å². The lowest BCUT2D eigenvalue weighted by Crippen LogP contribution is -2.07. The highest BCUT2D eigenvalue weighted by molar-refractivity contribution is 8.01. The Morgan fingerprint density at radius 1 is 1.35 bits per heavy atom. The molecule has 0 amide bonds. The lowest BCUT2D eigenvalue weighted by atomic mass is 10.2. The molecule has 0 aliphatic carbocycles. The molecule has 0 saturated heterocycles. The maximum absolute atomic E-state index is 12.5. The molecule has 134 valence electrons. The molecular formula is C16H13N3O5S2. The van der Waals surface area contributed by atoms with E-state index in [9.17, 15) is 14.9 Å². The fourth-order valence-electron chi connectivity index (χ4n) is 2.05. The molecule has 3 rings (SSSR count). The number of rotatable bonds is 6. The van der Waals surface area contributed by atoms with Crippen molar-refractivity contribution in [2.24, 2.45) is 0 Å². The summed E-state index contributed by atoms with van der Waals surface area (Å²) in [4.78, 5) is 27.8. The molecule has 0 unspecified atom stereocenters. The number of esters is 1. The van der Waals surface area contributed by atoms with E-state index in [0.29, 0.717) is 16.3 Å². The van der Waals surface area contributed by atoms with Crippen molar-refractivity contribution in [1.29, 1.82) is 0 Å². The third-order valence-electron chi connectivity index (χ3n) is 3.21. The van der Waals surface area contributed by atoms with Gasteiger partial charge in [-0.1, -0.05) is 16.9 Å². The van der Waals surface area contributed by atoms with Crippen molar-refractivity contribution in [3.05, 3.63) is 62.5 Å². The summed E-state index contributed by atoms with van der Waals surface area (Å²) in [6, 6.07) is 5.72. The van der Waals surface area contributed by atoms with E-state index >= 15 is 0 Å². The summed E-state index contributed by atoms with van der Waals surface area (Å²) in [6.07, 6.45) is 0. The number of nitro benzene ring substituents is 1. The Hall–Kier alpha value is -2.72. The number of nitro groups is 1. The molecule has 0 N–H and O–H groups in total. The van der Waals surface area contributed by atoms with Crippen LogP contribution in [0.15, 0.2) is 43.4 Å². The van der Waals surface area contributed by atoms with Gasteiger partial charge in [-0.05, 0) is 19.9 Å². The first-order valence-corrected chi connectivity index (χ1v) is 9.10. The third kappa shape index (κ3) is 4.27. The van der Waals surface area contributed by atoms with E-state index < -0.39 is 10.9 Å². The van der Waals surface area contributed by atoms with Crippen LogP contribution in [-0.4, -0.2) is 21.0 Å². The third-order valence-corrected chi connectivity index (χ3v) is 5.34. The van der Waals surface area contributed by atoms with Gasteiger partial charge in [0.1, 0.15) is 0 Å². The molecule has 0 spiro atoms. The van der Waals surface area contributed by atoms with Crippen LogP contribution in [0, 0.1) is 24.0 Å². The fourth-order valence-corrected chi connectivity index (χ4v) is 3.95. The average Bonchev–Trinajstić information content (AvgIpc) is 3.21. The van der Waals surface area contributed by atoms with Gasteiger partial charge in [0.25, 0.3) is 5.69 Å². The highest BCUT2D eigenvalue weighted by Gasteiger charge is 2.20. The van der Waals surface area contributed by atoms with Crippen LogP contribution in [0.5, 0.6) is 0 Å². The molecule has 8 nitrogen and oxygen atoms in total. The Labute approximate surface area is 156 Å². The molecule has 0 aliphatic rings. The number of carbonyl (C=O) groups excluding carboxylic acids is 1. The number of benzene rings is 1. The lowest BCUT2D eigenvalue weighted by Gasteiger charge is -2.07. The Morgan fingerprint density at radius 3 is 2.77 bits per heavy atom. The fraction of sp³-hybridized carbons (Fsp3) is 0.188. The Balaban J connectivity index is 1.84. The zero-order chi connectivity index (χ0) is 18.7. The van der Waals surface area contributed by atoms with Gasteiger partial charge in [0.05, 0.1) is 16.2 Å². The highest BCUT2D eigenvalue weighted by atomic mass is 32.2. The molecule has 10 heteroatoms. The lowest BCUT2D eigenvalue weighted by molar-refractivity contribution is -0.384. The van der Waals surface area contributed by atoms with Gasteiger partial charge < -0.3 is 9.26 Å². The zero-order valence-corrected chi connectivity index (χ0v) is 15.4. The predicted molar refractivity (Wildman–Crippen MR) is 94.4 cm³/mol. The quantitative estimate of drug-likeness (QED) is 0.350. The number of thiazole rings is 1. The van der Waals surface area contributed by atoms with Gasteiger partial charge in [-0.2, -0.15) is 0 Å². The molecule has 1 aromatic carbocycles. The number of aryl methyl sites for hydroxylation is 2. The normalized spacial score (nSPS) is 10.7. The second-order valence-electron chi connectivity index (χ2n) is 5.31. The van der Waals surface area contributed by atoms with Crippen LogP contribution in [0.3, 0.4) is 0 Å². The first-order chi connectivity index (χ1) is 12.4. The molecule has 0 saturated carbocycles. The maximum Gasteiger partial charge on any atom is 0.339 e. The minimum Gasteiger partial charge on any atom is -0.454 e. The van der Waals surface area contributed by atoms with Crippen molar-refractivity contribution in [2.45, 2.75) is 29.7 Å². The summed E-state index contributed by atoms with van der Waals surface area (Å²) in [6.45, 7) is 3.51. The van der Waals surface area contributed by atoms with E-state index in [-0.39, 0.29) is 17.9 Å². The van der Waals surface area contributed by atoms with Crippen molar-refractivity contribution in [2.75, 3.05) is 0 Å². The molecule has 2 aromatic heterocycles. The Kier molecular flexibility index (Phi) is 5.33. The smallest absolute Gasteiger partial charge is 0.339 e. The summed E-state index contributed by atoms with van der Waals surface area (Å²) in [7, 11) is 0. The number of ether oxygens (including phenoxy) is 1. The van der Waals surface area contributed by atoms with Gasteiger partial charge >= 0.3 is 5.97 Å². The predicted octanol–water partition coefficient (Wildman–Crippen LogP) is 4.16. The summed E-state index contributed by atoms with van der Waals surface area (Å²) in [5, 5.41) is 16.6. The number of carbonyl (C=O) groups is 1. The number of non-ortho nitro benzene ring substituents is 1. The standard InChI is InChI=1S/C16H13N3O5S2/c1-9-5-12(24-18-9)7-23-15(20)13-6-11(19(21)22)3-4-14(13)26-16-17-10(2)8-25-16/h3-6,8H,7H2,1-2H3. The van der Waals surface area contributed by atoms with Gasteiger partial charge in [-0.25, -0.2) is 9.78 Å². The van der Waals surface area contributed by atoms with Crippen LogP contribution in [0.4, 0.5) is 5.69 Å². The number of hydrogen-bond acceptors (Lipinski definition) is 9. The zero-order valence-electron chi connectivity index (χ0n) is 13.8. The van der Waals surface area contributed by atoms with E-state index in [0.717, 1.165) is 10.0 Å². The second kappa shape index (κ2) is 7.67. The summed E-state index contributed by atoms with van der Waals surface area (Å²) in [5.41, 5.74) is 1.45. The van der Waals surface area contributed by atoms with Crippen LogP contribution in [-0.2, 0) is 11.3 Å². The second-order valence-corrected chi connectivity index (χ2v) is 7.45. The summed E-state index contributed by atoms with van der Waals surface area (Å²) in [5.74, 6) is -0.287. The van der Waals surface area contributed by atoms with Crippen molar-refractivity contribution in [1.82, 2.24) is 10.1 Å². The van der Waals surface area contributed by atoms with Crippen LogP contribution >= 0.6 is 23.1 Å². The van der Waals surface area contributed by atoms with Crippen molar-refractivity contribution in [3.63, 3.8) is 0 Å². The minimum atomic E-state index is -0.682. The minimum absolute atomic E-state index is 0.105. The maximum atomic E-state index is 12.5. The van der Waals surface area contributed by atoms with E-state index in [1.54, 1.807) is 13.0 Å². The Bertz CT molecular complexity index is 966. The van der Waals surface area contributed by atoms with Crippen molar-refractivity contribution in [3.8, 4) is 0 Å².